The van der Waals surface area contributed by atoms with Gasteiger partial charge in [-0.1, -0.05) is 15.9 Å². The van der Waals surface area contributed by atoms with Crippen molar-refractivity contribution in [1.29, 1.82) is 0 Å². The lowest BCUT2D eigenvalue weighted by molar-refractivity contribution is 0.104. The Bertz CT molecular complexity index is 614. The third-order valence-electron chi connectivity index (χ3n) is 2.64. The number of rotatable bonds is 4. The minimum atomic E-state index is 0.0338. The monoisotopic (exact) mass is 335 g/mol. The first-order valence-electron chi connectivity index (χ1n) is 5.86. The average Bonchev–Trinajstić information content (AvgIpc) is 2.71. The first-order chi connectivity index (χ1) is 9.06. The highest BCUT2D eigenvalue weighted by Gasteiger charge is 2.08. The third kappa shape index (κ3) is 3.78. The Hall–Kier alpha value is -1.39. The van der Waals surface area contributed by atoms with Gasteiger partial charge in [-0.25, -0.2) is 0 Å². The smallest absolute Gasteiger partial charge is 0.188 e. The van der Waals surface area contributed by atoms with Gasteiger partial charge in [0.05, 0.1) is 0 Å². The molecule has 0 spiro atoms. The fraction of sp³-hybridized carbons (Fsp3) is 0.133. The number of thiophene rings is 1. The van der Waals surface area contributed by atoms with E-state index in [1.165, 1.54) is 0 Å². The van der Waals surface area contributed by atoms with Crippen LogP contribution in [0.15, 0.2) is 47.1 Å². The summed E-state index contributed by atoms with van der Waals surface area (Å²) in [6, 6.07) is 9.72. The highest BCUT2D eigenvalue weighted by Crippen LogP contribution is 2.21. The Morgan fingerprint density at radius 2 is 1.95 bits per heavy atom. The van der Waals surface area contributed by atoms with E-state index in [-0.39, 0.29) is 5.78 Å². The lowest BCUT2D eigenvalue weighted by Crippen LogP contribution is -1.96. The number of nitrogens with one attached hydrogen (secondary N) is 1. The van der Waals surface area contributed by atoms with E-state index in [1.54, 1.807) is 23.6 Å². The summed E-state index contributed by atoms with van der Waals surface area (Å²) in [6.07, 6.45) is 3.24. The molecule has 0 amide bonds. The van der Waals surface area contributed by atoms with E-state index in [2.05, 4.69) is 21.2 Å². The van der Waals surface area contributed by atoms with E-state index in [1.807, 2.05) is 44.2 Å². The molecular formula is C15H14BrNOS. The second kappa shape index (κ2) is 6.17. The fourth-order valence-corrected chi connectivity index (χ4v) is 2.92. The molecule has 19 heavy (non-hydrogen) atoms. The van der Waals surface area contributed by atoms with Gasteiger partial charge in [-0.2, -0.15) is 0 Å². The van der Waals surface area contributed by atoms with E-state index >= 15 is 0 Å². The molecular weight excluding hydrogens is 322 g/mol. The Morgan fingerprint density at radius 1 is 1.26 bits per heavy atom. The van der Waals surface area contributed by atoms with E-state index in [4.69, 9.17) is 0 Å². The highest BCUT2D eigenvalue weighted by atomic mass is 79.9. The van der Waals surface area contributed by atoms with Crippen LogP contribution < -0.4 is 5.32 Å². The summed E-state index contributed by atoms with van der Waals surface area (Å²) in [7, 11) is 0. The molecule has 2 rings (SSSR count). The maximum Gasteiger partial charge on any atom is 0.188 e. The van der Waals surface area contributed by atoms with Gasteiger partial charge in [0, 0.05) is 37.8 Å². The Kier molecular flexibility index (Phi) is 4.56. The molecule has 0 atom stereocenters. The number of hydrogen-bond acceptors (Lipinski definition) is 3. The van der Waals surface area contributed by atoms with Crippen LogP contribution in [-0.2, 0) is 0 Å². The second-order valence-corrected chi connectivity index (χ2v) is 6.55. The van der Waals surface area contributed by atoms with Gasteiger partial charge in [0.25, 0.3) is 0 Å². The van der Waals surface area contributed by atoms with Gasteiger partial charge >= 0.3 is 0 Å². The summed E-state index contributed by atoms with van der Waals surface area (Å²) >= 11 is 5.03. The molecule has 98 valence electrons. The Morgan fingerprint density at radius 3 is 2.53 bits per heavy atom. The van der Waals surface area contributed by atoms with Gasteiger partial charge in [-0.05, 0) is 44.2 Å². The minimum absolute atomic E-state index is 0.0338. The number of anilines is 1. The van der Waals surface area contributed by atoms with Gasteiger partial charge < -0.3 is 5.32 Å². The number of carbonyl (C=O) groups excluding carboxylic acids is 1. The SMILES string of the molecule is Cc1cc(C(=O)C=CNc2ccc(Br)cc2)c(C)s1. The average molecular weight is 336 g/mol. The van der Waals surface area contributed by atoms with Crippen molar-refractivity contribution in [3.8, 4) is 0 Å². The zero-order valence-electron chi connectivity index (χ0n) is 10.7. The van der Waals surface area contributed by atoms with Gasteiger partial charge in [0.15, 0.2) is 5.78 Å². The molecule has 2 nitrogen and oxygen atoms in total. The van der Waals surface area contributed by atoms with Crippen LogP contribution in [0.4, 0.5) is 5.69 Å². The minimum Gasteiger partial charge on any atom is -0.362 e. The predicted molar refractivity (Wildman–Crippen MR) is 85.0 cm³/mol. The van der Waals surface area contributed by atoms with Crippen molar-refractivity contribution in [1.82, 2.24) is 0 Å². The summed E-state index contributed by atoms with van der Waals surface area (Å²) in [6.45, 7) is 3.99. The van der Waals surface area contributed by atoms with Crippen molar-refractivity contribution in [2.24, 2.45) is 0 Å². The zero-order chi connectivity index (χ0) is 13.8. The fourth-order valence-electron chi connectivity index (χ4n) is 1.72. The topological polar surface area (TPSA) is 29.1 Å². The first-order valence-corrected chi connectivity index (χ1v) is 7.47. The lowest BCUT2D eigenvalue weighted by Gasteiger charge is -2.00. The molecule has 2 aromatic rings. The van der Waals surface area contributed by atoms with Crippen LogP contribution in [0.2, 0.25) is 0 Å². The summed E-state index contributed by atoms with van der Waals surface area (Å²) in [5.74, 6) is 0.0338. The molecule has 0 saturated heterocycles. The van der Waals surface area contributed by atoms with Crippen LogP contribution in [-0.4, -0.2) is 5.78 Å². The predicted octanol–water partition coefficient (Wildman–Crippen LogP) is 4.94. The lowest BCUT2D eigenvalue weighted by atomic mass is 10.1. The first kappa shape index (κ1) is 14.0. The largest absolute Gasteiger partial charge is 0.362 e. The zero-order valence-corrected chi connectivity index (χ0v) is 13.1. The molecule has 0 bridgehead atoms. The Balaban J connectivity index is 2.01. The summed E-state index contributed by atoms with van der Waals surface area (Å²) in [4.78, 5) is 14.2. The molecule has 0 saturated carbocycles. The molecule has 1 heterocycles. The van der Waals surface area contributed by atoms with Gasteiger partial charge in [-0.3, -0.25) is 4.79 Å². The molecule has 1 aromatic carbocycles. The third-order valence-corrected chi connectivity index (χ3v) is 4.13. The molecule has 0 unspecified atom stereocenters. The van der Waals surface area contributed by atoms with E-state index < -0.39 is 0 Å². The quantitative estimate of drug-likeness (QED) is 0.633. The summed E-state index contributed by atoms with van der Waals surface area (Å²) in [5.41, 5.74) is 1.74. The van der Waals surface area contributed by atoms with E-state index in [0.717, 1.165) is 25.5 Å². The standard InChI is InChI=1S/C15H14BrNOS/c1-10-9-14(11(2)19-10)15(18)7-8-17-13-5-3-12(16)4-6-13/h3-9,17H,1-2H3. The summed E-state index contributed by atoms with van der Waals surface area (Å²) < 4.78 is 1.03. The van der Waals surface area contributed by atoms with E-state index in [9.17, 15) is 4.79 Å². The molecule has 0 fully saturated rings. The van der Waals surface area contributed by atoms with Crippen LogP contribution in [0.3, 0.4) is 0 Å². The number of carbonyl (C=O) groups is 1. The van der Waals surface area contributed by atoms with Crippen LogP contribution >= 0.6 is 27.3 Å². The van der Waals surface area contributed by atoms with Crippen LogP contribution in [0, 0.1) is 13.8 Å². The molecule has 0 radical (unpaired) electrons. The van der Waals surface area contributed by atoms with Crippen molar-refractivity contribution in [3.63, 3.8) is 0 Å². The molecule has 0 aliphatic rings. The second-order valence-electron chi connectivity index (χ2n) is 4.18. The van der Waals surface area contributed by atoms with Crippen molar-refractivity contribution >= 4 is 38.7 Å². The number of hydrogen-bond donors (Lipinski definition) is 1. The van der Waals surface area contributed by atoms with Crippen molar-refractivity contribution in [2.45, 2.75) is 13.8 Å². The molecule has 1 aromatic heterocycles. The Labute approximate surface area is 125 Å². The van der Waals surface area contributed by atoms with Gasteiger partial charge in [-0.15, -0.1) is 11.3 Å². The maximum atomic E-state index is 12.0. The van der Waals surface area contributed by atoms with Crippen molar-refractivity contribution < 1.29 is 4.79 Å². The van der Waals surface area contributed by atoms with Crippen LogP contribution in [0.1, 0.15) is 20.1 Å². The molecule has 4 heteroatoms. The highest BCUT2D eigenvalue weighted by molar-refractivity contribution is 9.10. The molecule has 0 aliphatic heterocycles. The number of halogens is 1. The summed E-state index contributed by atoms with van der Waals surface area (Å²) in [5, 5.41) is 3.08. The number of aryl methyl sites for hydroxylation is 2. The normalized spacial score (nSPS) is 10.9. The van der Waals surface area contributed by atoms with Crippen molar-refractivity contribution in [2.75, 3.05) is 5.32 Å². The van der Waals surface area contributed by atoms with Gasteiger partial charge in [0.2, 0.25) is 0 Å². The molecule has 0 aliphatic carbocycles. The van der Waals surface area contributed by atoms with Gasteiger partial charge in [0.1, 0.15) is 0 Å². The number of ketones is 1. The number of allylic oxidation sites excluding steroid dienone is 1. The van der Waals surface area contributed by atoms with Crippen LogP contribution in [0.5, 0.6) is 0 Å². The number of benzene rings is 1. The van der Waals surface area contributed by atoms with Crippen molar-refractivity contribution in [3.05, 3.63) is 62.4 Å². The molecule has 1 N–H and O–H groups in total. The van der Waals surface area contributed by atoms with E-state index in [0.29, 0.717) is 0 Å². The maximum absolute atomic E-state index is 12.0. The van der Waals surface area contributed by atoms with Crippen LogP contribution in [0.25, 0.3) is 0 Å².